The highest BCUT2D eigenvalue weighted by atomic mass is 16.3. The molecule has 23 heavy (non-hydrogen) atoms. The third kappa shape index (κ3) is 3.99. The molecule has 1 fully saturated rings. The summed E-state index contributed by atoms with van der Waals surface area (Å²) in [5.41, 5.74) is 1.19. The molecular formula is C18H26N4O. The minimum absolute atomic E-state index is 0.285. The van der Waals surface area contributed by atoms with Crippen molar-refractivity contribution in [2.24, 2.45) is 7.05 Å². The number of aliphatic hydroxyl groups is 1. The normalized spacial score (nSPS) is 21.4. The molecule has 0 saturated carbocycles. The van der Waals surface area contributed by atoms with Gasteiger partial charge >= 0.3 is 0 Å². The zero-order valence-corrected chi connectivity index (χ0v) is 14.0. The van der Waals surface area contributed by atoms with Crippen LogP contribution in [0.3, 0.4) is 0 Å². The molecular weight excluding hydrogens is 288 g/mol. The molecule has 124 valence electrons. The zero-order chi connectivity index (χ0) is 16.2. The fraction of sp³-hybridized carbons (Fsp3) is 0.500. The summed E-state index contributed by atoms with van der Waals surface area (Å²) in [4.78, 5) is 9.21. The van der Waals surface area contributed by atoms with E-state index in [1.807, 2.05) is 37.6 Å². The average Bonchev–Trinajstić information content (AvgIpc) is 2.96. The summed E-state index contributed by atoms with van der Waals surface area (Å²) in [5.74, 6) is 1.09. The molecule has 2 heterocycles. The second kappa shape index (κ2) is 7.25. The Hall–Kier alpha value is -1.69. The van der Waals surface area contributed by atoms with E-state index in [4.69, 9.17) is 0 Å². The number of piperazine rings is 1. The lowest BCUT2D eigenvalue weighted by Gasteiger charge is -2.39. The minimum Gasteiger partial charge on any atom is -0.391 e. The number of aliphatic hydroxyl groups excluding tert-OH is 1. The van der Waals surface area contributed by atoms with Gasteiger partial charge in [-0.25, -0.2) is 4.98 Å². The van der Waals surface area contributed by atoms with E-state index in [1.165, 1.54) is 5.56 Å². The number of aromatic nitrogens is 2. The number of β-amino-alcohol motifs (C(OH)–C–C–N with tert-alkyl or cyclic N) is 1. The highest BCUT2D eigenvalue weighted by molar-refractivity contribution is 5.15. The van der Waals surface area contributed by atoms with Gasteiger partial charge in [0.2, 0.25) is 0 Å². The van der Waals surface area contributed by atoms with Gasteiger partial charge in [0.1, 0.15) is 5.82 Å². The Labute approximate surface area is 138 Å². The van der Waals surface area contributed by atoms with Crippen molar-refractivity contribution in [2.45, 2.75) is 18.6 Å². The van der Waals surface area contributed by atoms with Crippen LogP contribution in [0.1, 0.15) is 17.4 Å². The number of imidazole rings is 1. The summed E-state index contributed by atoms with van der Waals surface area (Å²) in [7, 11) is 4.19. The van der Waals surface area contributed by atoms with Crippen LogP contribution in [-0.2, 0) is 13.5 Å². The highest BCUT2D eigenvalue weighted by Gasteiger charge is 2.29. The van der Waals surface area contributed by atoms with E-state index in [0.29, 0.717) is 13.0 Å². The first-order valence-electron chi connectivity index (χ1n) is 8.25. The van der Waals surface area contributed by atoms with Gasteiger partial charge in [0.15, 0.2) is 0 Å². The van der Waals surface area contributed by atoms with Crippen molar-refractivity contribution in [3.05, 3.63) is 54.1 Å². The predicted molar refractivity (Wildman–Crippen MR) is 91.2 cm³/mol. The molecule has 0 radical (unpaired) electrons. The summed E-state index contributed by atoms with van der Waals surface area (Å²) in [5, 5.41) is 10.4. The van der Waals surface area contributed by atoms with Gasteiger partial charge in [-0.1, -0.05) is 30.3 Å². The van der Waals surface area contributed by atoms with Gasteiger partial charge in [-0.15, -0.1) is 0 Å². The number of nitrogens with zero attached hydrogens (tertiary/aromatic N) is 4. The number of aryl methyl sites for hydroxylation is 1. The molecule has 2 atom stereocenters. The van der Waals surface area contributed by atoms with Crippen LogP contribution in [-0.4, -0.2) is 63.8 Å². The number of benzene rings is 1. The quantitative estimate of drug-likeness (QED) is 0.904. The van der Waals surface area contributed by atoms with Crippen LogP contribution >= 0.6 is 0 Å². The minimum atomic E-state index is -0.331. The smallest absolute Gasteiger partial charge is 0.127 e. The zero-order valence-electron chi connectivity index (χ0n) is 14.0. The second-order valence-electron chi connectivity index (χ2n) is 6.50. The van der Waals surface area contributed by atoms with E-state index in [2.05, 4.69) is 38.5 Å². The molecule has 0 spiro atoms. The van der Waals surface area contributed by atoms with Crippen LogP contribution in [0.5, 0.6) is 0 Å². The summed E-state index contributed by atoms with van der Waals surface area (Å²) < 4.78 is 2.09. The van der Waals surface area contributed by atoms with Gasteiger partial charge in [0.05, 0.1) is 12.1 Å². The van der Waals surface area contributed by atoms with Gasteiger partial charge in [0.25, 0.3) is 0 Å². The predicted octanol–water partition coefficient (Wildman–Crippen LogP) is 1.31. The highest BCUT2D eigenvalue weighted by Crippen LogP contribution is 2.22. The van der Waals surface area contributed by atoms with Crippen molar-refractivity contribution in [3.8, 4) is 0 Å². The number of likely N-dealkylation sites (N-methyl/N-ethyl adjacent to an activating group) is 1. The van der Waals surface area contributed by atoms with E-state index < -0.39 is 0 Å². The first-order valence-corrected chi connectivity index (χ1v) is 8.25. The van der Waals surface area contributed by atoms with Gasteiger partial charge in [-0.2, -0.15) is 0 Å². The first-order chi connectivity index (χ1) is 11.1. The molecule has 1 aromatic heterocycles. The summed E-state index contributed by atoms with van der Waals surface area (Å²) in [6, 6.07) is 10.5. The fourth-order valence-corrected chi connectivity index (χ4v) is 3.32. The Morgan fingerprint density at radius 2 is 2.00 bits per heavy atom. The maximum Gasteiger partial charge on any atom is 0.127 e. The Bertz CT molecular complexity index is 612. The van der Waals surface area contributed by atoms with Crippen LogP contribution < -0.4 is 0 Å². The van der Waals surface area contributed by atoms with Crippen molar-refractivity contribution >= 4 is 0 Å². The molecule has 1 aromatic carbocycles. The van der Waals surface area contributed by atoms with Crippen LogP contribution in [0.15, 0.2) is 42.7 Å². The molecule has 1 aliphatic heterocycles. The monoisotopic (exact) mass is 314 g/mol. The molecule has 0 amide bonds. The van der Waals surface area contributed by atoms with Gasteiger partial charge in [-0.3, -0.25) is 9.80 Å². The summed E-state index contributed by atoms with van der Waals surface area (Å²) in [6.07, 6.45) is 4.22. The Morgan fingerprint density at radius 1 is 1.22 bits per heavy atom. The van der Waals surface area contributed by atoms with Crippen molar-refractivity contribution in [1.82, 2.24) is 19.4 Å². The average molecular weight is 314 g/mol. The molecule has 0 aliphatic carbocycles. The van der Waals surface area contributed by atoms with Crippen LogP contribution in [0.25, 0.3) is 0 Å². The van der Waals surface area contributed by atoms with Crippen molar-refractivity contribution in [1.29, 1.82) is 0 Å². The van der Waals surface area contributed by atoms with Gasteiger partial charge in [0, 0.05) is 45.6 Å². The van der Waals surface area contributed by atoms with Crippen molar-refractivity contribution in [2.75, 3.05) is 33.2 Å². The van der Waals surface area contributed by atoms with Crippen molar-refractivity contribution in [3.63, 3.8) is 0 Å². The van der Waals surface area contributed by atoms with Crippen molar-refractivity contribution < 1.29 is 5.11 Å². The maximum atomic E-state index is 10.4. The third-order valence-electron chi connectivity index (χ3n) is 4.67. The maximum absolute atomic E-state index is 10.4. The lowest BCUT2D eigenvalue weighted by Crippen LogP contribution is -2.49. The molecule has 0 bridgehead atoms. The van der Waals surface area contributed by atoms with Crippen LogP contribution in [0.4, 0.5) is 0 Å². The number of hydrogen-bond donors (Lipinski definition) is 1. The lowest BCUT2D eigenvalue weighted by molar-refractivity contribution is 0.0480. The number of rotatable bonds is 5. The van der Waals surface area contributed by atoms with Crippen LogP contribution in [0, 0.1) is 0 Å². The first kappa shape index (κ1) is 16.2. The van der Waals surface area contributed by atoms with Gasteiger partial charge in [-0.05, 0) is 19.0 Å². The largest absolute Gasteiger partial charge is 0.391 e. The van der Waals surface area contributed by atoms with Gasteiger partial charge < -0.3 is 9.67 Å². The summed E-state index contributed by atoms with van der Waals surface area (Å²) >= 11 is 0. The lowest BCUT2D eigenvalue weighted by atomic mass is 10.1. The molecule has 2 unspecified atom stereocenters. The van der Waals surface area contributed by atoms with E-state index in [1.54, 1.807) is 0 Å². The third-order valence-corrected chi connectivity index (χ3v) is 4.67. The van der Waals surface area contributed by atoms with E-state index in [9.17, 15) is 5.11 Å². The second-order valence-corrected chi connectivity index (χ2v) is 6.50. The van der Waals surface area contributed by atoms with E-state index >= 15 is 0 Å². The SMILES string of the molecule is CN1CCN(CC(O)Cc2ccccc2)CC1c1nccn1C. The van der Waals surface area contributed by atoms with Crippen LogP contribution in [0.2, 0.25) is 0 Å². The Balaban J connectivity index is 1.59. The molecule has 5 heteroatoms. The van der Waals surface area contributed by atoms with E-state index in [0.717, 1.165) is 25.5 Å². The Kier molecular flexibility index (Phi) is 5.10. The van der Waals surface area contributed by atoms with E-state index in [-0.39, 0.29) is 12.1 Å². The number of hydrogen-bond acceptors (Lipinski definition) is 4. The molecule has 1 aliphatic rings. The Morgan fingerprint density at radius 3 is 2.70 bits per heavy atom. The molecule has 3 rings (SSSR count). The molecule has 2 aromatic rings. The summed E-state index contributed by atoms with van der Waals surface area (Å²) in [6.45, 7) is 3.61. The topological polar surface area (TPSA) is 44.5 Å². The molecule has 1 saturated heterocycles. The molecule has 5 nitrogen and oxygen atoms in total. The molecule has 1 N–H and O–H groups in total. The standard InChI is InChI=1S/C18H26N4O/c1-20-10-11-22(14-17(20)18-19-8-9-21(18)2)13-16(23)12-15-6-4-3-5-7-15/h3-9,16-17,23H,10-14H2,1-2H3. The fourth-order valence-electron chi connectivity index (χ4n) is 3.32.